The lowest BCUT2D eigenvalue weighted by molar-refractivity contribution is 0.171. The van der Waals surface area contributed by atoms with Gasteiger partial charge in [0.1, 0.15) is 22.7 Å². The smallest absolute Gasteiger partial charge is 0.311 e. The highest BCUT2D eigenvalue weighted by molar-refractivity contribution is 6.11. The van der Waals surface area contributed by atoms with Crippen LogP contribution in [0.1, 0.15) is 25.0 Å². The zero-order chi connectivity index (χ0) is 19.0. The van der Waals surface area contributed by atoms with Gasteiger partial charge in [0.15, 0.2) is 0 Å². The molecule has 0 radical (unpaired) electrons. The van der Waals surface area contributed by atoms with E-state index < -0.39 is 11.1 Å². The van der Waals surface area contributed by atoms with E-state index in [0.29, 0.717) is 0 Å². The Hall–Kier alpha value is -2.90. The van der Waals surface area contributed by atoms with E-state index in [1.54, 1.807) is 23.9 Å². The summed E-state index contributed by atoms with van der Waals surface area (Å²) in [6.45, 7) is 4.10. The monoisotopic (exact) mass is 354 g/mol. The Morgan fingerprint density at radius 1 is 0.808 bits per heavy atom. The maximum atomic E-state index is 12.8. The van der Waals surface area contributed by atoms with Crippen LogP contribution in [0.3, 0.4) is 0 Å². The molecule has 4 amide bonds. The summed E-state index contributed by atoms with van der Waals surface area (Å²) in [6.07, 6.45) is 0. The Morgan fingerprint density at radius 3 is 1.50 bits per heavy atom. The molecule has 2 N–H and O–H groups in total. The number of benzene rings is 1. The Balaban J connectivity index is 2.07. The summed E-state index contributed by atoms with van der Waals surface area (Å²) in [7, 11) is 3.40. The second-order valence-corrected chi connectivity index (χ2v) is 7.37. The summed E-state index contributed by atoms with van der Waals surface area (Å²) in [6, 6.07) is 6.99. The van der Waals surface area contributed by atoms with Crippen molar-refractivity contribution < 1.29 is 9.59 Å². The molecule has 1 aromatic rings. The standard InChI is InChI=1S/C18H22N6O2/c1-17-11-7-5-6-8-12(11)18(2)14(20)24(16(26)22(18)4)10-9-23(13(17)19)15(25)21(17)3/h5-8,19-20H,9-10H2,1-4H3/t17-,18+. The lowest BCUT2D eigenvalue weighted by atomic mass is 9.78. The van der Waals surface area contributed by atoms with Gasteiger partial charge in [0.2, 0.25) is 0 Å². The SMILES string of the molecule is CN1C(=O)N2CCN3C(=N)[C@](C)(c4ccccc4[C@]1(C)C2=N)N(C)C3=O. The van der Waals surface area contributed by atoms with Crippen molar-refractivity contribution in [3.63, 3.8) is 0 Å². The Bertz CT molecular complexity index is 811. The average Bonchev–Trinajstić information content (AvgIpc) is 2.90. The number of hydrogen-bond donors (Lipinski definition) is 2. The number of likely N-dealkylation sites (N-methyl/N-ethyl adjacent to an activating group) is 2. The molecule has 3 aliphatic heterocycles. The highest BCUT2D eigenvalue weighted by Gasteiger charge is 2.58. The van der Waals surface area contributed by atoms with Gasteiger partial charge < -0.3 is 9.80 Å². The molecule has 2 atom stereocenters. The van der Waals surface area contributed by atoms with Crippen LogP contribution in [0.2, 0.25) is 0 Å². The van der Waals surface area contributed by atoms with Gasteiger partial charge >= 0.3 is 12.1 Å². The summed E-state index contributed by atoms with van der Waals surface area (Å²) in [5, 5.41) is 17.4. The Labute approximate surface area is 152 Å². The molecular weight excluding hydrogens is 332 g/mol. The van der Waals surface area contributed by atoms with Gasteiger partial charge in [0.25, 0.3) is 0 Å². The van der Waals surface area contributed by atoms with E-state index in [0.717, 1.165) is 11.1 Å². The first-order valence-corrected chi connectivity index (χ1v) is 8.55. The number of hydrogen-bond acceptors (Lipinski definition) is 4. The van der Waals surface area contributed by atoms with Crippen molar-refractivity contribution in [1.82, 2.24) is 19.6 Å². The Morgan fingerprint density at radius 2 is 1.15 bits per heavy atom. The highest BCUT2D eigenvalue weighted by atomic mass is 16.2. The third kappa shape index (κ3) is 1.60. The van der Waals surface area contributed by atoms with Crippen LogP contribution in [0.5, 0.6) is 0 Å². The maximum absolute atomic E-state index is 12.8. The van der Waals surface area contributed by atoms with Crippen LogP contribution in [-0.2, 0) is 11.1 Å². The van der Waals surface area contributed by atoms with Gasteiger partial charge in [-0.25, -0.2) is 9.59 Å². The first kappa shape index (κ1) is 16.6. The van der Waals surface area contributed by atoms with Crippen LogP contribution in [-0.4, -0.2) is 70.5 Å². The minimum atomic E-state index is -0.953. The van der Waals surface area contributed by atoms with E-state index in [-0.39, 0.29) is 36.8 Å². The zero-order valence-electron chi connectivity index (χ0n) is 15.3. The summed E-state index contributed by atoms with van der Waals surface area (Å²) >= 11 is 0. The average molecular weight is 354 g/mol. The lowest BCUT2D eigenvalue weighted by Crippen LogP contribution is -2.49. The van der Waals surface area contributed by atoms with Crippen LogP contribution in [0.4, 0.5) is 9.59 Å². The third-order valence-corrected chi connectivity index (χ3v) is 6.36. The highest BCUT2D eigenvalue weighted by Crippen LogP contribution is 2.45. The number of amides is 4. The quantitative estimate of drug-likeness (QED) is 0.743. The summed E-state index contributed by atoms with van der Waals surface area (Å²) in [5.74, 6) is 0.398. The summed E-state index contributed by atoms with van der Waals surface area (Å²) in [4.78, 5) is 31.6. The van der Waals surface area contributed by atoms with E-state index in [9.17, 15) is 9.59 Å². The maximum Gasteiger partial charge on any atom is 0.326 e. The van der Waals surface area contributed by atoms with Crippen molar-refractivity contribution in [2.75, 3.05) is 27.2 Å². The molecule has 0 aliphatic carbocycles. The fourth-order valence-corrected chi connectivity index (χ4v) is 4.34. The molecular formula is C18H22N6O2. The topological polar surface area (TPSA) is 94.8 Å². The van der Waals surface area contributed by atoms with E-state index >= 15 is 0 Å². The molecule has 2 saturated heterocycles. The molecule has 3 aliphatic rings. The minimum Gasteiger partial charge on any atom is -0.311 e. The summed E-state index contributed by atoms with van der Waals surface area (Å²) < 4.78 is 0. The van der Waals surface area contributed by atoms with Gasteiger partial charge in [0, 0.05) is 27.2 Å². The molecule has 0 saturated carbocycles. The number of nitrogens with zero attached hydrogens (tertiary/aromatic N) is 4. The first-order valence-electron chi connectivity index (χ1n) is 8.55. The molecule has 0 aromatic heterocycles. The van der Waals surface area contributed by atoms with Gasteiger partial charge in [-0.05, 0) is 25.0 Å². The van der Waals surface area contributed by atoms with Crippen molar-refractivity contribution in [3.8, 4) is 0 Å². The molecule has 0 unspecified atom stereocenters. The van der Waals surface area contributed by atoms with Gasteiger partial charge in [-0.15, -0.1) is 0 Å². The number of carbonyl (C=O) groups excluding carboxylic acids is 2. The molecule has 136 valence electrons. The number of fused-ring (bicyclic) bond motifs is 7. The largest absolute Gasteiger partial charge is 0.326 e. The fourth-order valence-electron chi connectivity index (χ4n) is 4.34. The van der Waals surface area contributed by atoms with Gasteiger partial charge in [-0.1, -0.05) is 24.3 Å². The van der Waals surface area contributed by atoms with E-state index in [1.807, 2.05) is 38.1 Å². The molecule has 1 aromatic carbocycles. The molecule has 4 bridgehead atoms. The predicted octanol–water partition coefficient (Wildman–Crippen LogP) is 1.82. The fraction of sp³-hybridized carbons (Fsp3) is 0.444. The van der Waals surface area contributed by atoms with Gasteiger partial charge in [-0.2, -0.15) is 0 Å². The van der Waals surface area contributed by atoms with E-state index in [2.05, 4.69) is 0 Å². The number of amidine groups is 2. The number of urea groups is 2. The lowest BCUT2D eigenvalue weighted by Gasteiger charge is -2.39. The van der Waals surface area contributed by atoms with Crippen LogP contribution < -0.4 is 0 Å². The van der Waals surface area contributed by atoms with Crippen LogP contribution in [0.15, 0.2) is 24.3 Å². The molecule has 8 nitrogen and oxygen atoms in total. The number of rotatable bonds is 0. The number of carbonyl (C=O) groups is 2. The molecule has 2 fully saturated rings. The second-order valence-electron chi connectivity index (χ2n) is 7.37. The Kier molecular flexibility index (Phi) is 3.08. The molecule has 3 heterocycles. The second kappa shape index (κ2) is 4.84. The minimum absolute atomic E-state index is 0.192. The van der Waals surface area contributed by atoms with Crippen LogP contribution in [0.25, 0.3) is 0 Å². The van der Waals surface area contributed by atoms with Crippen molar-refractivity contribution in [3.05, 3.63) is 35.4 Å². The predicted molar refractivity (Wildman–Crippen MR) is 96.3 cm³/mol. The van der Waals surface area contributed by atoms with Gasteiger partial charge in [-0.3, -0.25) is 20.6 Å². The first-order chi connectivity index (χ1) is 12.2. The third-order valence-electron chi connectivity index (χ3n) is 6.36. The normalized spacial score (nSPS) is 31.1. The van der Waals surface area contributed by atoms with Crippen molar-refractivity contribution in [2.24, 2.45) is 0 Å². The summed E-state index contributed by atoms with van der Waals surface area (Å²) in [5.41, 5.74) is -0.380. The zero-order valence-corrected chi connectivity index (χ0v) is 15.3. The van der Waals surface area contributed by atoms with Crippen molar-refractivity contribution in [1.29, 1.82) is 10.8 Å². The van der Waals surface area contributed by atoms with Crippen LogP contribution in [0, 0.1) is 10.8 Å². The molecule has 8 heteroatoms. The van der Waals surface area contributed by atoms with Crippen molar-refractivity contribution in [2.45, 2.75) is 24.9 Å². The molecule has 26 heavy (non-hydrogen) atoms. The van der Waals surface area contributed by atoms with E-state index in [1.165, 1.54) is 9.80 Å². The van der Waals surface area contributed by atoms with Crippen LogP contribution >= 0.6 is 0 Å². The van der Waals surface area contributed by atoms with Crippen molar-refractivity contribution >= 4 is 23.7 Å². The van der Waals surface area contributed by atoms with Gasteiger partial charge in [0.05, 0.1) is 0 Å². The number of nitrogens with one attached hydrogen (secondary N) is 2. The van der Waals surface area contributed by atoms with E-state index in [4.69, 9.17) is 10.8 Å². The molecule has 0 spiro atoms. The molecule has 4 rings (SSSR count).